The van der Waals surface area contributed by atoms with E-state index in [0.717, 1.165) is 31.2 Å². The summed E-state index contributed by atoms with van der Waals surface area (Å²) in [6.07, 6.45) is 3.59. The van der Waals surface area contributed by atoms with Crippen molar-refractivity contribution in [2.75, 3.05) is 13.6 Å². The van der Waals surface area contributed by atoms with Crippen molar-refractivity contribution in [3.05, 3.63) is 34.9 Å². The van der Waals surface area contributed by atoms with E-state index in [0.29, 0.717) is 19.0 Å². The molecule has 0 spiro atoms. The van der Waals surface area contributed by atoms with Crippen LogP contribution >= 0.6 is 0 Å². The minimum absolute atomic E-state index is 0.0180. The topological polar surface area (TPSA) is 75.4 Å². The number of carbonyl (C=O) groups excluding carboxylic acids is 2. The highest BCUT2D eigenvalue weighted by Crippen LogP contribution is 2.28. The highest BCUT2D eigenvalue weighted by atomic mass is 16.2. The molecular formula is C19H29N3O2. The van der Waals surface area contributed by atoms with Crippen LogP contribution in [0.25, 0.3) is 0 Å². The van der Waals surface area contributed by atoms with Crippen LogP contribution in [0.2, 0.25) is 0 Å². The van der Waals surface area contributed by atoms with Gasteiger partial charge in [-0.05, 0) is 62.1 Å². The van der Waals surface area contributed by atoms with Crippen molar-refractivity contribution in [1.29, 1.82) is 0 Å². The van der Waals surface area contributed by atoms with Crippen molar-refractivity contribution >= 4 is 11.9 Å². The first-order valence-electron chi connectivity index (χ1n) is 8.71. The first kappa shape index (κ1) is 18.3. The Morgan fingerprint density at radius 3 is 2.42 bits per heavy atom. The first-order chi connectivity index (χ1) is 11.4. The number of urea groups is 1. The van der Waals surface area contributed by atoms with Gasteiger partial charge in [0.1, 0.15) is 0 Å². The maximum Gasteiger partial charge on any atom is 0.317 e. The van der Waals surface area contributed by atoms with Gasteiger partial charge in [-0.1, -0.05) is 18.2 Å². The second kappa shape index (κ2) is 8.18. The molecule has 0 saturated heterocycles. The highest BCUT2D eigenvalue weighted by molar-refractivity contribution is 5.76. The smallest absolute Gasteiger partial charge is 0.317 e. The normalized spacial score (nSPS) is 20.5. The molecule has 0 radical (unpaired) electrons. The zero-order valence-electron chi connectivity index (χ0n) is 15.0. The van der Waals surface area contributed by atoms with E-state index in [1.54, 1.807) is 4.90 Å². The summed E-state index contributed by atoms with van der Waals surface area (Å²) >= 11 is 0. The molecule has 0 heterocycles. The van der Waals surface area contributed by atoms with Crippen LogP contribution < -0.4 is 11.1 Å². The molecule has 5 heteroatoms. The average molecular weight is 331 g/mol. The maximum atomic E-state index is 12.3. The molecule has 0 unspecified atom stereocenters. The molecule has 3 N–H and O–H groups in total. The Balaban J connectivity index is 1.76. The van der Waals surface area contributed by atoms with E-state index < -0.39 is 0 Å². The minimum atomic E-state index is -0.189. The summed E-state index contributed by atoms with van der Waals surface area (Å²) in [6, 6.07) is 6.24. The molecule has 1 aliphatic carbocycles. The number of carbonyl (C=O) groups is 2. The lowest BCUT2D eigenvalue weighted by Gasteiger charge is -2.27. The van der Waals surface area contributed by atoms with Gasteiger partial charge in [0.2, 0.25) is 5.91 Å². The lowest BCUT2D eigenvalue weighted by Crippen LogP contribution is -2.40. The van der Waals surface area contributed by atoms with Crippen LogP contribution in [0, 0.1) is 25.7 Å². The zero-order chi connectivity index (χ0) is 17.7. The fraction of sp³-hybridized carbons (Fsp3) is 0.579. The Hall–Kier alpha value is -2.04. The monoisotopic (exact) mass is 331 g/mol. The molecule has 1 saturated carbocycles. The highest BCUT2D eigenvalue weighted by Gasteiger charge is 2.25. The second-order valence-electron chi connectivity index (χ2n) is 7.08. The van der Waals surface area contributed by atoms with Gasteiger partial charge in [0.25, 0.3) is 0 Å². The molecule has 1 aliphatic rings. The number of amides is 3. The van der Waals surface area contributed by atoms with Gasteiger partial charge in [-0.3, -0.25) is 4.79 Å². The molecule has 1 aromatic rings. The Morgan fingerprint density at radius 1 is 1.17 bits per heavy atom. The van der Waals surface area contributed by atoms with Gasteiger partial charge in [-0.15, -0.1) is 0 Å². The van der Waals surface area contributed by atoms with Gasteiger partial charge < -0.3 is 16.0 Å². The molecule has 24 heavy (non-hydrogen) atoms. The molecule has 0 atom stereocenters. The van der Waals surface area contributed by atoms with Crippen LogP contribution in [-0.4, -0.2) is 30.4 Å². The second-order valence-corrected chi connectivity index (χ2v) is 7.08. The molecule has 132 valence electrons. The molecule has 1 aromatic carbocycles. The predicted molar refractivity (Wildman–Crippen MR) is 95.4 cm³/mol. The van der Waals surface area contributed by atoms with E-state index in [9.17, 15) is 9.59 Å². The third kappa shape index (κ3) is 4.98. The van der Waals surface area contributed by atoms with Gasteiger partial charge in [-0.2, -0.15) is 0 Å². The van der Waals surface area contributed by atoms with E-state index in [4.69, 9.17) is 5.73 Å². The summed E-state index contributed by atoms with van der Waals surface area (Å²) in [5.74, 6) is 0.273. The van der Waals surface area contributed by atoms with Crippen molar-refractivity contribution in [3.63, 3.8) is 0 Å². The maximum absolute atomic E-state index is 12.3. The first-order valence-corrected chi connectivity index (χ1v) is 8.71. The zero-order valence-corrected chi connectivity index (χ0v) is 15.0. The third-order valence-corrected chi connectivity index (χ3v) is 5.13. The predicted octanol–water partition coefficient (Wildman–Crippen LogP) is 2.74. The molecule has 0 aromatic heterocycles. The van der Waals surface area contributed by atoms with E-state index >= 15 is 0 Å². The summed E-state index contributed by atoms with van der Waals surface area (Å²) in [5, 5.41) is 3.01. The van der Waals surface area contributed by atoms with Crippen molar-refractivity contribution in [2.45, 2.75) is 46.1 Å². The van der Waals surface area contributed by atoms with Crippen LogP contribution in [0.3, 0.4) is 0 Å². The number of aryl methyl sites for hydroxylation is 2. The van der Waals surface area contributed by atoms with E-state index in [1.807, 2.05) is 7.05 Å². The van der Waals surface area contributed by atoms with Gasteiger partial charge in [0, 0.05) is 26.1 Å². The Bertz CT molecular complexity index is 592. The van der Waals surface area contributed by atoms with Crippen molar-refractivity contribution in [2.24, 2.45) is 17.6 Å². The Morgan fingerprint density at radius 2 is 1.83 bits per heavy atom. The van der Waals surface area contributed by atoms with Crippen molar-refractivity contribution in [3.8, 4) is 0 Å². The number of benzene rings is 1. The standard InChI is InChI=1S/C19H29N3O2/c1-13-4-5-16(10-14(13)2)12-22(3)19(24)21-11-15-6-8-17(9-7-15)18(20)23/h4-5,10,15,17H,6-9,11-12H2,1-3H3,(H2,20,23)(H,21,24). The summed E-state index contributed by atoms with van der Waals surface area (Å²) in [5.41, 5.74) is 8.99. The molecule has 3 amide bonds. The van der Waals surface area contributed by atoms with Gasteiger partial charge >= 0.3 is 6.03 Å². The molecule has 2 rings (SSSR count). The Labute approximate surface area is 144 Å². The van der Waals surface area contributed by atoms with E-state index in [-0.39, 0.29) is 17.9 Å². The van der Waals surface area contributed by atoms with Gasteiger partial charge in [-0.25, -0.2) is 4.79 Å². The molecule has 5 nitrogen and oxygen atoms in total. The van der Waals surface area contributed by atoms with Crippen LogP contribution in [-0.2, 0) is 11.3 Å². The fourth-order valence-electron chi connectivity index (χ4n) is 3.27. The SMILES string of the molecule is Cc1ccc(CN(C)C(=O)NCC2CCC(C(N)=O)CC2)cc1C. The van der Waals surface area contributed by atoms with Crippen molar-refractivity contribution < 1.29 is 9.59 Å². The van der Waals surface area contributed by atoms with Crippen LogP contribution in [0.1, 0.15) is 42.4 Å². The quantitative estimate of drug-likeness (QED) is 0.870. The molecule has 1 fully saturated rings. The summed E-state index contributed by atoms with van der Waals surface area (Å²) in [4.78, 5) is 25.1. The van der Waals surface area contributed by atoms with Gasteiger partial charge in [0.05, 0.1) is 0 Å². The van der Waals surface area contributed by atoms with Crippen LogP contribution in [0.5, 0.6) is 0 Å². The number of nitrogens with one attached hydrogen (secondary N) is 1. The largest absolute Gasteiger partial charge is 0.369 e. The number of hydrogen-bond acceptors (Lipinski definition) is 2. The number of nitrogens with zero attached hydrogens (tertiary/aromatic N) is 1. The summed E-state index contributed by atoms with van der Waals surface area (Å²) < 4.78 is 0. The van der Waals surface area contributed by atoms with Crippen LogP contribution in [0.15, 0.2) is 18.2 Å². The number of hydrogen-bond donors (Lipinski definition) is 2. The molecular weight excluding hydrogens is 302 g/mol. The van der Waals surface area contributed by atoms with Gasteiger partial charge in [0.15, 0.2) is 0 Å². The number of primary amides is 1. The molecule has 0 bridgehead atoms. The number of rotatable bonds is 5. The third-order valence-electron chi connectivity index (χ3n) is 5.13. The molecule has 0 aliphatic heterocycles. The summed E-state index contributed by atoms with van der Waals surface area (Å²) in [7, 11) is 1.81. The summed E-state index contributed by atoms with van der Waals surface area (Å²) in [6.45, 7) is 5.44. The van der Waals surface area contributed by atoms with E-state index in [2.05, 4.69) is 37.4 Å². The number of nitrogens with two attached hydrogens (primary N) is 1. The lowest BCUT2D eigenvalue weighted by atomic mass is 9.82. The van der Waals surface area contributed by atoms with Crippen molar-refractivity contribution in [1.82, 2.24) is 10.2 Å². The van der Waals surface area contributed by atoms with Crippen LogP contribution in [0.4, 0.5) is 4.79 Å². The average Bonchev–Trinajstić information content (AvgIpc) is 2.56. The lowest BCUT2D eigenvalue weighted by molar-refractivity contribution is -0.122. The minimum Gasteiger partial charge on any atom is -0.369 e. The van der Waals surface area contributed by atoms with E-state index in [1.165, 1.54) is 11.1 Å². The fourth-order valence-corrected chi connectivity index (χ4v) is 3.27. The Kier molecular flexibility index (Phi) is 6.23.